The SMILES string of the molecule is O=P(O)(O)O[C@H]1[C@@H](OP(=O)(O)O)[C@@H](OP(=O)(O)O)[C@@H](OP(=O)(O)O)[C@@H](OP(=O)(O)O)[C@@H]1OP(=O)(O)O. The van der Waals surface area contributed by atoms with Crippen LogP contribution in [0.1, 0.15) is 0 Å². The molecule has 0 aliphatic heterocycles. The zero-order chi connectivity index (χ0) is 28.7. The fourth-order valence-electron chi connectivity index (χ4n) is 2.79. The molecule has 36 heavy (non-hydrogen) atoms. The van der Waals surface area contributed by atoms with Crippen LogP contribution in [0.2, 0.25) is 0 Å². The zero-order valence-corrected chi connectivity index (χ0v) is 21.8. The molecule has 30 heteroatoms. The van der Waals surface area contributed by atoms with E-state index in [1.54, 1.807) is 0 Å². The van der Waals surface area contributed by atoms with E-state index in [2.05, 4.69) is 27.1 Å². The summed E-state index contributed by atoms with van der Waals surface area (Å²) >= 11 is 0. The highest BCUT2D eigenvalue weighted by molar-refractivity contribution is 7.47. The minimum atomic E-state index is -6.02. The Labute approximate surface area is 197 Å². The van der Waals surface area contributed by atoms with Crippen molar-refractivity contribution in [3.8, 4) is 0 Å². The Balaban J connectivity index is 4.04. The van der Waals surface area contributed by atoms with Gasteiger partial charge in [0.2, 0.25) is 0 Å². The second-order valence-corrected chi connectivity index (χ2v) is 13.5. The van der Waals surface area contributed by atoms with Crippen LogP contribution in [0.5, 0.6) is 0 Å². The van der Waals surface area contributed by atoms with Crippen LogP contribution in [-0.2, 0) is 54.5 Å². The van der Waals surface area contributed by atoms with E-state index >= 15 is 0 Å². The predicted molar refractivity (Wildman–Crippen MR) is 102 cm³/mol. The summed E-state index contributed by atoms with van der Waals surface area (Å²) in [6.45, 7) is 0. The maximum atomic E-state index is 11.4. The highest BCUT2D eigenvalue weighted by Crippen LogP contribution is 2.57. The van der Waals surface area contributed by atoms with E-state index < -0.39 is 83.6 Å². The minimum absolute atomic E-state index is 3.14. The van der Waals surface area contributed by atoms with E-state index in [0.29, 0.717) is 0 Å². The molecule has 12 N–H and O–H groups in total. The molecule has 0 amide bonds. The van der Waals surface area contributed by atoms with Crippen molar-refractivity contribution in [3.05, 3.63) is 0 Å². The largest absolute Gasteiger partial charge is 0.470 e. The monoisotopic (exact) mass is 660 g/mol. The molecule has 24 nitrogen and oxygen atoms in total. The molecule has 0 saturated heterocycles. The van der Waals surface area contributed by atoms with Crippen molar-refractivity contribution >= 4 is 46.9 Å². The second kappa shape index (κ2) is 11.6. The summed E-state index contributed by atoms with van der Waals surface area (Å²) < 4.78 is 93.1. The molecule has 0 heterocycles. The van der Waals surface area contributed by atoms with E-state index in [4.69, 9.17) is 58.7 Å². The van der Waals surface area contributed by atoms with E-state index in [1.807, 2.05) is 0 Å². The maximum absolute atomic E-state index is 11.4. The summed E-state index contributed by atoms with van der Waals surface area (Å²) in [5, 5.41) is 0. The molecular formula is C6H18O24P6. The molecule has 0 aromatic rings. The van der Waals surface area contributed by atoms with Gasteiger partial charge in [-0.15, -0.1) is 0 Å². The van der Waals surface area contributed by atoms with Gasteiger partial charge in [-0.05, 0) is 0 Å². The van der Waals surface area contributed by atoms with Crippen LogP contribution < -0.4 is 0 Å². The standard InChI is InChI=1S/C6H18O24P6/c7-31(8,9)25-1-2(26-32(10,11)12)4(28-34(16,17)18)6(30-36(22,23)24)5(29-35(19,20)21)3(1)27-33(13,14)15/h1-6H,(H2,7,8,9)(H2,10,11,12)(H2,13,14,15)(H2,16,17,18)(H2,19,20,21)(H2,22,23,24)/t1-,2-,3-,4+,5-,6+. The van der Waals surface area contributed by atoms with Gasteiger partial charge in [0.1, 0.15) is 36.6 Å². The highest BCUT2D eigenvalue weighted by atomic mass is 31.2. The molecule has 0 spiro atoms. The van der Waals surface area contributed by atoms with Gasteiger partial charge in [-0.2, -0.15) is 0 Å². The highest BCUT2D eigenvalue weighted by Gasteiger charge is 2.62. The van der Waals surface area contributed by atoms with Gasteiger partial charge in [-0.25, -0.2) is 27.4 Å². The van der Waals surface area contributed by atoms with Gasteiger partial charge in [-0.1, -0.05) is 0 Å². The van der Waals surface area contributed by atoms with Gasteiger partial charge < -0.3 is 58.7 Å². The van der Waals surface area contributed by atoms with Crippen LogP contribution in [0.15, 0.2) is 0 Å². The van der Waals surface area contributed by atoms with E-state index in [9.17, 15) is 27.4 Å². The quantitative estimate of drug-likeness (QED) is 0.0920. The first-order chi connectivity index (χ1) is 15.6. The lowest BCUT2D eigenvalue weighted by Crippen LogP contribution is -2.66. The molecule has 216 valence electrons. The van der Waals surface area contributed by atoms with Crippen molar-refractivity contribution in [1.29, 1.82) is 0 Å². The van der Waals surface area contributed by atoms with Crippen molar-refractivity contribution in [2.75, 3.05) is 0 Å². The normalized spacial score (nSPS) is 29.3. The predicted octanol–water partition coefficient (Wildman–Crippen LogP) is -3.13. The molecule has 0 radical (unpaired) electrons. The third-order valence-electron chi connectivity index (χ3n) is 3.50. The Morgan fingerprint density at radius 2 is 0.361 bits per heavy atom. The second-order valence-electron chi connectivity index (χ2n) is 6.36. The number of hydrogen-bond donors (Lipinski definition) is 12. The van der Waals surface area contributed by atoms with E-state index in [1.165, 1.54) is 0 Å². The molecule has 1 rings (SSSR count). The third-order valence-corrected chi connectivity index (χ3v) is 6.61. The van der Waals surface area contributed by atoms with Gasteiger partial charge in [0.05, 0.1) is 0 Å². The molecule has 0 atom stereocenters. The van der Waals surface area contributed by atoms with Crippen molar-refractivity contribution in [2.45, 2.75) is 36.6 Å². The van der Waals surface area contributed by atoms with Crippen LogP contribution in [0.3, 0.4) is 0 Å². The van der Waals surface area contributed by atoms with E-state index in [0.717, 1.165) is 0 Å². The summed E-state index contributed by atoms with van der Waals surface area (Å²) in [6.07, 6.45) is -18.9. The molecule has 0 unspecified atom stereocenters. The van der Waals surface area contributed by atoms with Crippen LogP contribution >= 0.6 is 46.9 Å². The first-order valence-electron chi connectivity index (χ1n) is 8.01. The summed E-state index contributed by atoms with van der Waals surface area (Å²) in [4.78, 5) is 110. The maximum Gasteiger partial charge on any atom is 0.470 e. The topological polar surface area (TPSA) is 401 Å². The van der Waals surface area contributed by atoms with Gasteiger partial charge >= 0.3 is 46.9 Å². The Kier molecular flexibility index (Phi) is 11.2. The molecule has 0 aromatic carbocycles. The van der Waals surface area contributed by atoms with Crippen molar-refractivity contribution in [2.24, 2.45) is 0 Å². The Morgan fingerprint density at radius 1 is 0.278 bits per heavy atom. The molecule has 1 fully saturated rings. The lowest BCUT2D eigenvalue weighted by Gasteiger charge is -2.48. The number of rotatable bonds is 12. The Hall–Kier alpha value is 0.660. The molecule has 0 aromatic heterocycles. The van der Waals surface area contributed by atoms with Crippen molar-refractivity contribution in [3.63, 3.8) is 0 Å². The van der Waals surface area contributed by atoms with Gasteiger partial charge in [0, 0.05) is 0 Å². The summed E-state index contributed by atoms with van der Waals surface area (Å²) in [7, 11) is -36.1. The fourth-order valence-corrected chi connectivity index (χ4v) is 6.14. The number of phosphoric acid groups is 6. The average Bonchev–Trinajstić information content (AvgIpc) is 2.51. The molecule has 1 aliphatic carbocycles. The van der Waals surface area contributed by atoms with Crippen molar-refractivity contribution < 1.29 is 113 Å². The molecular weight excluding hydrogens is 642 g/mol. The number of phosphoric ester groups is 6. The van der Waals surface area contributed by atoms with Gasteiger partial charge in [0.15, 0.2) is 0 Å². The lowest BCUT2D eigenvalue weighted by atomic mass is 9.85. The summed E-state index contributed by atoms with van der Waals surface area (Å²) in [5.74, 6) is 0. The number of hydrogen-bond acceptors (Lipinski definition) is 12. The first-order valence-corrected chi connectivity index (χ1v) is 17.2. The van der Waals surface area contributed by atoms with Crippen molar-refractivity contribution in [1.82, 2.24) is 0 Å². The van der Waals surface area contributed by atoms with Crippen LogP contribution in [-0.4, -0.2) is 95.3 Å². The Bertz CT molecular complexity index is 818. The Morgan fingerprint density at radius 3 is 0.417 bits per heavy atom. The zero-order valence-electron chi connectivity index (χ0n) is 16.4. The molecule has 0 bridgehead atoms. The first kappa shape index (κ1) is 34.7. The smallest absolute Gasteiger partial charge is 0.303 e. The lowest BCUT2D eigenvalue weighted by molar-refractivity contribution is -0.202. The summed E-state index contributed by atoms with van der Waals surface area (Å²) in [5.41, 5.74) is 0. The van der Waals surface area contributed by atoms with E-state index in [-0.39, 0.29) is 0 Å². The van der Waals surface area contributed by atoms with Crippen LogP contribution in [0.4, 0.5) is 0 Å². The fraction of sp³-hybridized carbons (Fsp3) is 1.00. The third kappa shape index (κ3) is 13.1. The van der Waals surface area contributed by atoms with Crippen LogP contribution in [0.25, 0.3) is 0 Å². The molecule has 1 saturated carbocycles. The minimum Gasteiger partial charge on any atom is -0.303 e. The molecule has 1 aliphatic rings. The van der Waals surface area contributed by atoms with Crippen LogP contribution in [0, 0.1) is 0 Å². The van der Waals surface area contributed by atoms with Gasteiger partial charge in [0.25, 0.3) is 0 Å². The van der Waals surface area contributed by atoms with Gasteiger partial charge in [-0.3, -0.25) is 27.1 Å². The summed E-state index contributed by atoms with van der Waals surface area (Å²) in [6, 6.07) is 0. The average molecular weight is 660 g/mol.